The van der Waals surface area contributed by atoms with Gasteiger partial charge in [0.15, 0.2) is 5.78 Å². The van der Waals surface area contributed by atoms with Crippen molar-refractivity contribution in [3.8, 4) is 0 Å². The van der Waals surface area contributed by atoms with E-state index in [4.69, 9.17) is 0 Å². The number of likely N-dealkylation sites (tertiary alicyclic amines) is 1. The predicted molar refractivity (Wildman–Crippen MR) is 62.7 cm³/mol. The van der Waals surface area contributed by atoms with Crippen molar-refractivity contribution < 1.29 is 22.1 Å². The maximum Gasteiger partial charge on any atom is 0.178 e. The first kappa shape index (κ1) is 13.7. The first-order chi connectivity index (χ1) is 7.36. The Bertz CT molecular complexity index is 307. The maximum atomic E-state index is 11.7. The van der Waals surface area contributed by atoms with Gasteiger partial charge in [-0.3, -0.25) is 4.79 Å². The lowest BCUT2D eigenvalue weighted by atomic mass is 10.1. The zero-order valence-corrected chi connectivity index (χ0v) is 10.9. The lowest BCUT2D eigenvalue weighted by Crippen LogP contribution is -3.12. The molecule has 0 aromatic carbocycles. The van der Waals surface area contributed by atoms with Crippen molar-refractivity contribution in [2.75, 3.05) is 19.6 Å². The van der Waals surface area contributed by atoms with E-state index < -0.39 is 0 Å². The molecule has 2 heterocycles. The molecular weight excluding hydrogens is 242 g/mol. The molecule has 16 heavy (non-hydrogen) atoms. The van der Waals surface area contributed by atoms with Crippen LogP contribution in [0.5, 0.6) is 0 Å². The number of thiophene rings is 1. The molecule has 0 radical (unpaired) electrons. The van der Waals surface area contributed by atoms with Gasteiger partial charge in [0.05, 0.1) is 30.9 Å². The first-order valence-corrected chi connectivity index (χ1v) is 6.64. The fraction of sp³-hybridized carbons (Fsp3) is 0.583. The standard InChI is InChI=1S/C12H17NOS.ClH/c14-11(12-5-4-10-15-12)6-9-13-7-2-1-3-8-13;/h4-5,10H,1-3,6-9H2;1H. The van der Waals surface area contributed by atoms with Gasteiger partial charge in [-0.05, 0) is 30.7 Å². The topological polar surface area (TPSA) is 21.5 Å². The summed E-state index contributed by atoms with van der Waals surface area (Å²) in [6.45, 7) is 3.55. The minimum absolute atomic E-state index is 0. The van der Waals surface area contributed by atoms with E-state index in [0.717, 1.165) is 17.8 Å². The Morgan fingerprint density at radius 2 is 2.06 bits per heavy atom. The fourth-order valence-corrected chi connectivity index (χ4v) is 2.85. The molecule has 4 heteroatoms. The van der Waals surface area contributed by atoms with Crippen molar-refractivity contribution in [2.45, 2.75) is 25.7 Å². The van der Waals surface area contributed by atoms with Gasteiger partial charge in [0.25, 0.3) is 0 Å². The summed E-state index contributed by atoms with van der Waals surface area (Å²) in [7, 11) is 0. The molecule has 0 bridgehead atoms. The third-order valence-corrected chi connectivity index (χ3v) is 3.97. The monoisotopic (exact) mass is 259 g/mol. The van der Waals surface area contributed by atoms with Crippen LogP contribution in [-0.2, 0) is 0 Å². The van der Waals surface area contributed by atoms with Gasteiger partial charge < -0.3 is 17.3 Å². The molecule has 1 aliphatic rings. The van der Waals surface area contributed by atoms with Crippen molar-refractivity contribution >= 4 is 17.1 Å². The normalized spacial score (nSPS) is 16.8. The molecule has 0 aliphatic carbocycles. The number of Topliss-reactive ketones (excluding diaryl/α,β-unsaturated/α-hetero) is 1. The van der Waals surface area contributed by atoms with Gasteiger partial charge in [0.2, 0.25) is 0 Å². The van der Waals surface area contributed by atoms with Crippen LogP contribution < -0.4 is 17.3 Å². The molecule has 1 N–H and O–H groups in total. The number of carbonyl (C=O) groups is 1. The van der Waals surface area contributed by atoms with Crippen molar-refractivity contribution in [2.24, 2.45) is 0 Å². The Morgan fingerprint density at radius 3 is 2.69 bits per heavy atom. The molecule has 1 fully saturated rings. The Kier molecular flexibility index (Phi) is 6.03. The summed E-state index contributed by atoms with van der Waals surface area (Å²) in [5, 5.41) is 1.97. The number of nitrogens with one attached hydrogen (secondary N) is 1. The molecule has 0 amide bonds. The Labute approximate surface area is 107 Å². The van der Waals surface area contributed by atoms with Crippen molar-refractivity contribution in [1.29, 1.82) is 0 Å². The average Bonchev–Trinajstić information content (AvgIpc) is 2.81. The van der Waals surface area contributed by atoms with Crippen LogP contribution in [0.4, 0.5) is 0 Å². The largest absolute Gasteiger partial charge is 1.00 e. The average molecular weight is 260 g/mol. The highest BCUT2D eigenvalue weighted by Gasteiger charge is 2.15. The lowest BCUT2D eigenvalue weighted by molar-refractivity contribution is -0.904. The highest BCUT2D eigenvalue weighted by atomic mass is 35.5. The van der Waals surface area contributed by atoms with Gasteiger partial charge in [-0.2, -0.15) is 0 Å². The summed E-state index contributed by atoms with van der Waals surface area (Å²) >= 11 is 1.56. The van der Waals surface area contributed by atoms with Crippen molar-refractivity contribution in [3.63, 3.8) is 0 Å². The maximum absolute atomic E-state index is 11.7. The van der Waals surface area contributed by atoms with E-state index in [1.165, 1.54) is 32.4 Å². The van der Waals surface area contributed by atoms with E-state index in [-0.39, 0.29) is 12.4 Å². The molecule has 0 unspecified atom stereocenters. The molecule has 90 valence electrons. The quantitative estimate of drug-likeness (QED) is 0.646. The minimum Gasteiger partial charge on any atom is -1.00 e. The smallest absolute Gasteiger partial charge is 0.178 e. The number of hydrogen-bond acceptors (Lipinski definition) is 2. The molecule has 1 aromatic heterocycles. The highest BCUT2D eigenvalue weighted by Crippen LogP contribution is 2.10. The van der Waals surface area contributed by atoms with E-state index in [1.807, 2.05) is 17.5 Å². The third-order valence-electron chi connectivity index (χ3n) is 3.06. The van der Waals surface area contributed by atoms with E-state index >= 15 is 0 Å². The number of halogens is 1. The zero-order valence-electron chi connectivity index (χ0n) is 9.38. The van der Waals surface area contributed by atoms with Gasteiger partial charge in [0, 0.05) is 0 Å². The molecule has 2 nitrogen and oxygen atoms in total. The minimum atomic E-state index is 0. The van der Waals surface area contributed by atoms with Gasteiger partial charge in [-0.15, -0.1) is 11.3 Å². The second-order valence-corrected chi connectivity index (χ2v) is 5.16. The molecule has 1 aromatic rings. The van der Waals surface area contributed by atoms with Crippen LogP contribution in [0.3, 0.4) is 0 Å². The first-order valence-electron chi connectivity index (χ1n) is 5.76. The Balaban J connectivity index is 0.00000128. The van der Waals surface area contributed by atoms with Crippen LogP contribution in [0, 0.1) is 0 Å². The highest BCUT2D eigenvalue weighted by molar-refractivity contribution is 7.12. The fourth-order valence-electron chi connectivity index (χ4n) is 2.15. The van der Waals surface area contributed by atoms with E-state index in [0.29, 0.717) is 5.78 Å². The number of piperidine rings is 1. The summed E-state index contributed by atoms with van der Waals surface area (Å²) in [4.78, 5) is 14.3. The Morgan fingerprint density at radius 1 is 1.31 bits per heavy atom. The summed E-state index contributed by atoms with van der Waals surface area (Å²) in [5.74, 6) is 0.322. The second-order valence-electron chi connectivity index (χ2n) is 4.21. The van der Waals surface area contributed by atoms with Crippen LogP contribution in [0.15, 0.2) is 17.5 Å². The van der Waals surface area contributed by atoms with Gasteiger partial charge >= 0.3 is 0 Å². The Hall–Kier alpha value is -0.380. The lowest BCUT2D eigenvalue weighted by Gasteiger charge is -2.22. The van der Waals surface area contributed by atoms with Crippen LogP contribution in [0.1, 0.15) is 35.4 Å². The van der Waals surface area contributed by atoms with Crippen molar-refractivity contribution in [3.05, 3.63) is 22.4 Å². The summed E-state index contributed by atoms with van der Waals surface area (Å²) in [6.07, 6.45) is 4.77. The number of ketones is 1. The molecule has 2 rings (SSSR count). The number of carbonyl (C=O) groups excluding carboxylic acids is 1. The third kappa shape index (κ3) is 3.89. The molecule has 1 aliphatic heterocycles. The summed E-state index contributed by atoms with van der Waals surface area (Å²) < 4.78 is 0. The molecular formula is C12H18ClNOS. The van der Waals surface area contributed by atoms with Crippen LogP contribution in [0.2, 0.25) is 0 Å². The molecule has 0 atom stereocenters. The van der Waals surface area contributed by atoms with Gasteiger partial charge in [0.1, 0.15) is 0 Å². The van der Waals surface area contributed by atoms with E-state index in [1.54, 1.807) is 16.2 Å². The number of rotatable bonds is 4. The number of hydrogen-bond donors (Lipinski definition) is 1. The van der Waals surface area contributed by atoms with Gasteiger partial charge in [-0.25, -0.2) is 0 Å². The molecule has 0 saturated carbocycles. The molecule has 1 saturated heterocycles. The molecule has 0 spiro atoms. The second kappa shape index (κ2) is 7.05. The number of quaternary nitrogens is 1. The van der Waals surface area contributed by atoms with Crippen LogP contribution >= 0.6 is 11.3 Å². The van der Waals surface area contributed by atoms with Crippen LogP contribution in [0.25, 0.3) is 0 Å². The van der Waals surface area contributed by atoms with Crippen molar-refractivity contribution in [1.82, 2.24) is 0 Å². The summed E-state index contributed by atoms with van der Waals surface area (Å²) in [6, 6.07) is 3.88. The van der Waals surface area contributed by atoms with Crippen LogP contribution in [-0.4, -0.2) is 25.4 Å². The summed E-state index contributed by atoms with van der Waals surface area (Å²) in [5.41, 5.74) is 0. The van der Waals surface area contributed by atoms with Gasteiger partial charge in [-0.1, -0.05) is 6.07 Å². The SMILES string of the molecule is O=C(CC[NH+]1CCCCC1)c1cccs1.[Cl-]. The van der Waals surface area contributed by atoms with E-state index in [9.17, 15) is 4.79 Å². The predicted octanol–water partition coefficient (Wildman–Crippen LogP) is -1.61. The van der Waals surface area contributed by atoms with E-state index in [2.05, 4.69) is 0 Å². The zero-order chi connectivity index (χ0) is 10.5.